The van der Waals surface area contributed by atoms with E-state index in [1.165, 1.54) is 11.1 Å². The Morgan fingerprint density at radius 1 is 0.569 bits per heavy atom. The van der Waals surface area contributed by atoms with Crippen LogP contribution in [0.25, 0.3) is 61.8 Å². The fourth-order valence-electron chi connectivity index (χ4n) is 7.53. The van der Waals surface area contributed by atoms with Crippen LogP contribution in [0.15, 0.2) is 146 Å². The number of hydrogen-bond donors (Lipinski definition) is 0. The molecule has 0 saturated heterocycles. The van der Waals surface area contributed by atoms with Gasteiger partial charge in [-0.05, 0) is 58.4 Å². The molecule has 4 heterocycles. The minimum absolute atomic E-state index is 0.0111. The second kappa shape index (κ2) is 14.3. The second-order valence-electron chi connectivity index (χ2n) is 17.1. The van der Waals surface area contributed by atoms with Crippen molar-refractivity contribution in [2.75, 3.05) is 18.6 Å². The Labute approximate surface area is 340 Å². The van der Waals surface area contributed by atoms with Gasteiger partial charge in [0.05, 0.1) is 23.3 Å². The van der Waals surface area contributed by atoms with E-state index in [9.17, 15) is 0 Å². The number of para-hydroxylation sites is 1. The number of benzene rings is 5. The molecule has 1 aliphatic rings. The molecule has 0 saturated carbocycles. The molecular formula is C50H47N7O. The van der Waals surface area contributed by atoms with E-state index in [0.717, 1.165) is 56.7 Å². The van der Waals surface area contributed by atoms with Crippen molar-refractivity contribution >= 4 is 27.5 Å². The number of nitrogens with zero attached hydrogens (tertiary/aromatic N) is 7. The molecule has 0 aliphatic carbocycles. The standard InChI is InChI=1S/C50H47N7O/c1-49(2,3)35-22-18-33(19-23-35)46-52-47(34-20-24-36(25-21-34)50(4,5)6)54-48(53-46)41-30-40-39-15-8-9-16-42(39)57(45-17-10-11-26-51-45)43(40)31-44(41)58-38-14-12-13-37(29-38)56-28-27-55(7)32-56/h8-31H,32H2,1-7H3. The maximum Gasteiger partial charge on any atom is 0.167 e. The summed E-state index contributed by atoms with van der Waals surface area (Å²) in [4.78, 5) is 24.7. The third kappa shape index (κ3) is 7.06. The van der Waals surface area contributed by atoms with Crippen molar-refractivity contribution in [2.45, 2.75) is 52.4 Å². The van der Waals surface area contributed by atoms with Crippen molar-refractivity contribution < 1.29 is 4.74 Å². The lowest BCUT2D eigenvalue weighted by molar-refractivity contribution is 0.482. The molecule has 0 fully saturated rings. The van der Waals surface area contributed by atoms with Gasteiger partial charge in [-0.1, -0.05) is 120 Å². The molecular weight excluding hydrogens is 715 g/mol. The summed E-state index contributed by atoms with van der Waals surface area (Å²) in [7, 11) is 2.06. The zero-order chi connectivity index (χ0) is 40.2. The zero-order valence-corrected chi connectivity index (χ0v) is 34.1. The van der Waals surface area contributed by atoms with E-state index in [-0.39, 0.29) is 10.8 Å². The molecule has 58 heavy (non-hydrogen) atoms. The van der Waals surface area contributed by atoms with E-state index >= 15 is 0 Å². The van der Waals surface area contributed by atoms with E-state index in [1.807, 2.05) is 36.5 Å². The fraction of sp³-hybridized carbons (Fsp3) is 0.200. The predicted molar refractivity (Wildman–Crippen MR) is 236 cm³/mol. The maximum atomic E-state index is 6.98. The number of fused-ring (bicyclic) bond motifs is 3. The van der Waals surface area contributed by atoms with Crippen LogP contribution in [0.4, 0.5) is 5.69 Å². The van der Waals surface area contributed by atoms with E-state index < -0.39 is 0 Å². The van der Waals surface area contributed by atoms with Gasteiger partial charge >= 0.3 is 0 Å². The summed E-state index contributed by atoms with van der Waals surface area (Å²) < 4.78 is 9.18. The first kappa shape index (κ1) is 36.8. The smallest absolute Gasteiger partial charge is 0.167 e. The highest BCUT2D eigenvalue weighted by Gasteiger charge is 2.23. The van der Waals surface area contributed by atoms with Crippen LogP contribution in [0.1, 0.15) is 52.7 Å². The van der Waals surface area contributed by atoms with Gasteiger partial charge in [0, 0.05) is 65.4 Å². The van der Waals surface area contributed by atoms with Crippen LogP contribution >= 0.6 is 0 Å². The Morgan fingerprint density at radius 2 is 1.21 bits per heavy atom. The molecule has 0 amide bonds. The van der Waals surface area contributed by atoms with Gasteiger partial charge in [0.15, 0.2) is 17.5 Å². The van der Waals surface area contributed by atoms with Crippen LogP contribution in [0.5, 0.6) is 11.5 Å². The van der Waals surface area contributed by atoms with E-state index in [4.69, 9.17) is 24.7 Å². The monoisotopic (exact) mass is 761 g/mol. The quantitative estimate of drug-likeness (QED) is 0.160. The Morgan fingerprint density at radius 3 is 1.81 bits per heavy atom. The second-order valence-corrected chi connectivity index (χ2v) is 17.1. The van der Waals surface area contributed by atoms with Crippen LogP contribution in [0.3, 0.4) is 0 Å². The first-order chi connectivity index (χ1) is 27.9. The van der Waals surface area contributed by atoms with Crippen molar-refractivity contribution in [1.82, 2.24) is 29.4 Å². The Bertz CT molecular complexity index is 2740. The fourth-order valence-corrected chi connectivity index (χ4v) is 7.53. The van der Waals surface area contributed by atoms with E-state index in [1.54, 1.807) is 0 Å². The number of aromatic nitrogens is 5. The lowest BCUT2D eigenvalue weighted by Gasteiger charge is -2.20. The van der Waals surface area contributed by atoms with Crippen molar-refractivity contribution in [3.63, 3.8) is 0 Å². The van der Waals surface area contributed by atoms with Gasteiger partial charge in [-0.3, -0.25) is 4.57 Å². The van der Waals surface area contributed by atoms with E-state index in [2.05, 4.69) is 172 Å². The minimum Gasteiger partial charge on any atom is -0.456 e. The summed E-state index contributed by atoms with van der Waals surface area (Å²) in [5.41, 5.74) is 8.13. The molecule has 9 rings (SSSR count). The van der Waals surface area contributed by atoms with Gasteiger partial charge < -0.3 is 14.5 Å². The van der Waals surface area contributed by atoms with Crippen molar-refractivity contribution in [1.29, 1.82) is 0 Å². The summed E-state index contributed by atoms with van der Waals surface area (Å²) in [6.45, 7) is 14.1. The van der Waals surface area contributed by atoms with Crippen LogP contribution in [0, 0.1) is 0 Å². The molecule has 1 aliphatic heterocycles. The summed E-state index contributed by atoms with van der Waals surface area (Å²) in [5, 5.41) is 2.13. The highest BCUT2D eigenvalue weighted by atomic mass is 16.5. The first-order valence-electron chi connectivity index (χ1n) is 19.8. The maximum absolute atomic E-state index is 6.98. The molecule has 8 aromatic rings. The lowest BCUT2D eigenvalue weighted by atomic mass is 9.86. The summed E-state index contributed by atoms with van der Waals surface area (Å²) in [6.07, 6.45) is 5.98. The van der Waals surface area contributed by atoms with Gasteiger partial charge in [-0.2, -0.15) is 0 Å². The van der Waals surface area contributed by atoms with Crippen molar-refractivity contribution in [2.24, 2.45) is 0 Å². The molecule has 0 spiro atoms. The molecule has 0 bridgehead atoms. The number of rotatable bonds is 7. The number of anilines is 1. The molecule has 3 aromatic heterocycles. The summed E-state index contributed by atoms with van der Waals surface area (Å²) >= 11 is 0. The third-order valence-electron chi connectivity index (χ3n) is 10.8. The topological polar surface area (TPSA) is 72.2 Å². The van der Waals surface area contributed by atoms with Crippen LogP contribution in [-0.2, 0) is 10.8 Å². The van der Waals surface area contributed by atoms with Crippen LogP contribution < -0.4 is 9.64 Å². The SMILES string of the molecule is CN1C=CN(c2cccc(Oc3cc4c(cc3-c3nc(-c5ccc(C(C)(C)C)cc5)nc(-c5ccc(C(C)(C)C)cc5)n3)c3ccccc3n4-c3ccccn3)c2)C1. The first-order valence-corrected chi connectivity index (χ1v) is 19.8. The van der Waals surface area contributed by atoms with Crippen LogP contribution in [0.2, 0.25) is 0 Å². The Hall–Kier alpha value is -6.80. The molecule has 0 N–H and O–H groups in total. The summed E-state index contributed by atoms with van der Waals surface area (Å²) in [5.74, 6) is 3.84. The highest BCUT2D eigenvalue weighted by molar-refractivity contribution is 6.11. The largest absolute Gasteiger partial charge is 0.456 e. The van der Waals surface area contributed by atoms with Gasteiger partial charge in [0.1, 0.15) is 17.3 Å². The number of hydrogen-bond acceptors (Lipinski definition) is 7. The lowest BCUT2D eigenvalue weighted by Crippen LogP contribution is -2.21. The molecule has 288 valence electrons. The van der Waals surface area contributed by atoms with Crippen LogP contribution in [-0.4, -0.2) is 43.1 Å². The molecule has 0 radical (unpaired) electrons. The van der Waals surface area contributed by atoms with Gasteiger partial charge in [-0.25, -0.2) is 19.9 Å². The molecule has 0 unspecified atom stereocenters. The highest BCUT2D eigenvalue weighted by Crippen LogP contribution is 2.42. The molecule has 8 nitrogen and oxygen atoms in total. The molecule has 5 aromatic carbocycles. The number of pyridine rings is 1. The van der Waals surface area contributed by atoms with Gasteiger partial charge in [0.25, 0.3) is 0 Å². The Kier molecular flexibility index (Phi) is 9.07. The summed E-state index contributed by atoms with van der Waals surface area (Å²) in [6, 6.07) is 44.0. The van der Waals surface area contributed by atoms with Crippen molar-refractivity contribution in [3.05, 3.63) is 157 Å². The minimum atomic E-state index is 0.0111. The van der Waals surface area contributed by atoms with Gasteiger partial charge in [0.2, 0.25) is 0 Å². The predicted octanol–water partition coefficient (Wildman–Crippen LogP) is 11.9. The normalized spacial score (nSPS) is 13.2. The van der Waals surface area contributed by atoms with Gasteiger partial charge in [-0.15, -0.1) is 0 Å². The Balaban J connectivity index is 1.28. The molecule has 0 atom stereocenters. The average molecular weight is 762 g/mol. The average Bonchev–Trinajstić information content (AvgIpc) is 3.81. The third-order valence-corrected chi connectivity index (χ3v) is 10.8. The van der Waals surface area contributed by atoms with Crippen molar-refractivity contribution in [3.8, 4) is 51.5 Å². The number of ether oxygens (including phenoxy) is 1. The zero-order valence-electron chi connectivity index (χ0n) is 34.1. The molecule has 8 heteroatoms. The van der Waals surface area contributed by atoms with E-state index in [0.29, 0.717) is 29.0 Å².